The second-order valence-corrected chi connectivity index (χ2v) is 6.75. The standard InChI is InChI=1S/2C8H18N.2ClH.Ti/c2*1-7(2)5-9-6-8(3)4;;;/h2*7-8H,5-6H2,1-4H3;2*1H;/q2*-1;;;+2. The molecule has 0 atom stereocenters. The minimum Gasteiger partial charge on any atom is -0.662 e. The van der Waals surface area contributed by atoms with Crippen LogP contribution in [0.15, 0.2) is 0 Å². The third-order valence-electron chi connectivity index (χ3n) is 1.98. The monoisotopic (exact) mass is 376 g/mol. The fourth-order valence-corrected chi connectivity index (χ4v) is 1.18. The van der Waals surface area contributed by atoms with Gasteiger partial charge in [0.05, 0.1) is 0 Å². The molecule has 0 radical (unpaired) electrons. The zero-order chi connectivity index (χ0) is 14.6. The van der Waals surface area contributed by atoms with Crippen LogP contribution in [0, 0.1) is 23.7 Å². The van der Waals surface area contributed by atoms with Crippen molar-refractivity contribution < 1.29 is 21.7 Å². The van der Waals surface area contributed by atoms with Crippen molar-refractivity contribution in [2.75, 3.05) is 26.2 Å². The van der Waals surface area contributed by atoms with E-state index in [4.69, 9.17) is 0 Å². The maximum atomic E-state index is 4.37. The zero-order valence-corrected chi connectivity index (χ0v) is 18.5. The first kappa shape index (κ1) is 33.7. The molecule has 0 rings (SSSR count). The van der Waals surface area contributed by atoms with E-state index < -0.39 is 0 Å². The van der Waals surface area contributed by atoms with Gasteiger partial charge in [-0.15, -0.1) is 51.0 Å². The minimum atomic E-state index is 0. The first-order chi connectivity index (χ1) is 8.25. The van der Waals surface area contributed by atoms with Crippen molar-refractivity contribution >= 4 is 24.8 Å². The van der Waals surface area contributed by atoms with Gasteiger partial charge in [0, 0.05) is 0 Å². The van der Waals surface area contributed by atoms with E-state index in [9.17, 15) is 0 Å². The third kappa shape index (κ3) is 44.9. The summed E-state index contributed by atoms with van der Waals surface area (Å²) in [6.45, 7) is 21.7. The van der Waals surface area contributed by atoms with E-state index in [1.54, 1.807) is 0 Å². The average Bonchev–Trinajstić information content (AvgIpc) is 2.15. The molecule has 0 aromatic rings. The summed E-state index contributed by atoms with van der Waals surface area (Å²) in [5.74, 6) is 2.90. The molecular weight excluding hydrogens is 339 g/mol. The summed E-state index contributed by atoms with van der Waals surface area (Å²) in [7, 11) is 0. The summed E-state index contributed by atoms with van der Waals surface area (Å²) >= 11 is 0. The largest absolute Gasteiger partial charge is 2.00 e. The van der Waals surface area contributed by atoms with E-state index in [0.29, 0.717) is 0 Å². The Kier molecular flexibility index (Phi) is 37.7. The number of hydrogen-bond acceptors (Lipinski definition) is 0. The molecule has 0 heterocycles. The Hall–Kier alpha value is 1.21. The Bertz CT molecular complexity index is 132. The normalized spacial score (nSPS) is 9.71. The molecule has 0 bridgehead atoms. The van der Waals surface area contributed by atoms with Crippen molar-refractivity contribution in [2.45, 2.75) is 55.4 Å². The summed E-state index contributed by atoms with van der Waals surface area (Å²) in [5.41, 5.74) is 0. The Balaban J connectivity index is -0.0000000711. The fourth-order valence-electron chi connectivity index (χ4n) is 1.18. The van der Waals surface area contributed by atoms with Gasteiger partial charge in [0.15, 0.2) is 0 Å². The van der Waals surface area contributed by atoms with Gasteiger partial charge in [0.25, 0.3) is 0 Å². The van der Waals surface area contributed by atoms with Crippen molar-refractivity contribution in [1.82, 2.24) is 0 Å². The molecule has 0 aliphatic carbocycles. The van der Waals surface area contributed by atoms with E-state index in [1.807, 2.05) is 0 Å². The number of nitrogens with zero attached hydrogens (tertiary/aromatic N) is 2. The van der Waals surface area contributed by atoms with Gasteiger partial charge in [-0.25, -0.2) is 0 Å². The Morgan fingerprint density at radius 3 is 0.714 bits per heavy atom. The van der Waals surface area contributed by atoms with Crippen LogP contribution in [0.2, 0.25) is 0 Å². The van der Waals surface area contributed by atoms with Crippen LogP contribution in [0.5, 0.6) is 0 Å². The van der Waals surface area contributed by atoms with Gasteiger partial charge >= 0.3 is 21.7 Å². The molecule has 0 fully saturated rings. The molecule has 0 N–H and O–H groups in total. The average molecular weight is 377 g/mol. The SMILES string of the molecule is CC(C)C[N-]CC(C)C.CC(C)C[N-]CC(C)C.Cl.Cl.[Ti+2]. The second kappa shape index (κ2) is 23.5. The molecule has 0 saturated carbocycles. The van der Waals surface area contributed by atoms with Crippen LogP contribution in [0.25, 0.3) is 10.6 Å². The van der Waals surface area contributed by atoms with E-state index in [-0.39, 0.29) is 46.5 Å². The minimum absolute atomic E-state index is 0. The molecule has 0 spiro atoms. The summed E-state index contributed by atoms with van der Waals surface area (Å²) in [6, 6.07) is 0. The molecule has 0 amide bonds. The predicted molar refractivity (Wildman–Crippen MR) is 100 cm³/mol. The summed E-state index contributed by atoms with van der Waals surface area (Å²) in [4.78, 5) is 0. The predicted octanol–water partition coefficient (Wildman–Crippen LogP) is 6.19. The number of rotatable bonds is 8. The van der Waals surface area contributed by atoms with Crippen LogP contribution in [-0.4, -0.2) is 26.2 Å². The molecule has 0 aromatic heterocycles. The molecule has 0 aliphatic rings. The van der Waals surface area contributed by atoms with Crippen LogP contribution in [0.1, 0.15) is 55.4 Å². The van der Waals surface area contributed by atoms with E-state index in [1.165, 1.54) is 0 Å². The van der Waals surface area contributed by atoms with E-state index in [2.05, 4.69) is 66.0 Å². The van der Waals surface area contributed by atoms with Crippen LogP contribution in [0.3, 0.4) is 0 Å². The number of hydrogen-bond donors (Lipinski definition) is 0. The topological polar surface area (TPSA) is 28.2 Å². The Morgan fingerprint density at radius 1 is 0.476 bits per heavy atom. The maximum Gasteiger partial charge on any atom is 2.00 e. The molecule has 2 nitrogen and oxygen atoms in total. The van der Waals surface area contributed by atoms with Crippen molar-refractivity contribution in [3.63, 3.8) is 0 Å². The van der Waals surface area contributed by atoms with Gasteiger partial charge in [-0.2, -0.15) is 0 Å². The van der Waals surface area contributed by atoms with Crippen LogP contribution >= 0.6 is 24.8 Å². The van der Waals surface area contributed by atoms with Crippen molar-refractivity contribution in [3.05, 3.63) is 10.6 Å². The summed E-state index contributed by atoms with van der Waals surface area (Å²) < 4.78 is 0. The summed E-state index contributed by atoms with van der Waals surface area (Å²) in [5, 5.41) is 8.74. The van der Waals surface area contributed by atoms with Crippen molar-refractivity contribution in [2.24, 2.45) is 23.7 Å². The fraction of sp³-hybridized carbons (Fsp3) is 1.00. The first-order valence-electron chi connectivity index (χ1n) is 7.52. The zero-order valence-electron chi connectivity index (χ0n) is 15.3. The van der Waals surface area contributed by atoms with Crippen LogP contribution in [-0.2, 0) is 21.7 Å². The van der Waals surface area contributed by atoms with Gasteiger partial charge in [-0.05, 0) is 0 Å². The third-order valence-corrected chi connectivity index (χ3v) is 1.98. The van der Waals surface area contributed by atoms with Crippen molar-refractivity contribution in [3.8, 4) is 0 Å². The Morgan fingerprint density at radius 2 is 0.619 bits per heavy atom. The van der Waals surface area contributed by atoms with Gasteiger partial charge in [0.1, 0.15) is 0 Å². The number of halogens is 2. The second-order valence-electron chi connectivity index (χ2n) is 6.75. The van der Waals surface area contributed by atoms with Gasteiger partial charge in [-0.3, -0.25) is 0 Å². The van der Waals surface area contributed by atoms with Gasteiger partial charge in [-0.1, -0.05) is 79.1 Å². The van der Waals surface area contributed by atoms with E-state index in [0.717, 1.165) is 49.9 Å². The molecule has 21 heavy (non-hydrogen) atoms. The molecule has 0 aromatic carbocycles. The van der Waals surface area contributed by atoms with E-state index >= 15 is 0 Å². The Labute approximate surface area is 162 Å². The van der Waals surface area contributed by atoms with Crippen LogP contribution < -0.4 is 0 Å². The quantitative estimate of drug-likeness (QED) is 0.452. The molecule has 0 saturated heterocycles. The molecular formula is C16H38Cl2N2Ti. The molecule has 0 aliphatic heterocycles. The molecule has 5 heteroatoms. The van der Waals surface area contributed by atoms with Gasteiger partial charge < -0.3 is 10.6 Å². The first-order valence-corrected chi connectivity index (χ1v) is 7.52. The smallest absolute Gasteiger partial charge is 0.662 e. The maximum absolute atomic E-state index is 4.37. The van der Waals surface area contributed by atoms with Crippen molar-refractivity contribution in [1.29, 1.82) is 0 Å². The van der Waals surface area contributed by atoms with Crippen LogP contribution in [0.4, 0.5) is 0 Å². The molecule has 0 unspecified atom stereocenters. The van der Waals surface area contributed by atoms with Gasteiger partial charge in [0.2, 0.25) is 0 Å². The summed E-state index contributed by atoms with van der Waals surface area (Å²) in [6.07, 6.45) is 0. The molecule has 130 valence electrons.